The molecule has 1 aromatic heterocycles. The first-order chi connectivity index (χ1) is 22.0. The van der Waals surface area contributed by atoms with Gasteiger partial charge in [-0.05, 0) is 80.5 Å². The van der Waals surface area contributed by atoms with Gasteiger partial charge in [0.25, 0.3) is 5.91 Å². The van der Waals surface area contributed by atoms with Crippen LogP contribution in [-0.4, -0.2) is 80.5 Å². The molecule has 1 saturated heterocycles. The molecule has 2 unspecified atom stereocenters. The summed E-state index contributed by atoms with van der Waals surface area (Å²) in [5.41, 5.74) is 5.15. The number of rotatable bonds is 7. The summed E-state index contributed by atoms with van der Waals surface area (Å²) in [5, 5.41) is 1.07. The molecule has 246 valence electrons. The van der Waals surface area contributed by atoms with Crippen LogP contribution in [0, 0.1) is 5.41 Å². The van der Waals surface area contributed by atoms with Gasteiger partial charge >= 0.3 is 10.2 Å². The third-order valence-electron chi connectivity index (χ3n) is 10.3. The number of carbonyl (C=O) groups is 2. The molecule has 46 heavy (non-hydrogen) atoms. The predicted octanol–water partition coefficient (Wildman–Crippen LogP) is 5.03. The van der Waals surface area contributed by atoms with Crippen molar-refractivity contribution in [2.45, 2.75) is 76.9 Å². The molecule has 1 N–H and O–H groups in total. The van der Waals surface area contributed by atoms with E-state index in [-0.39, 0.29) is 23.5 Å². The summed E-state index contributed by atoms with van der Waals surface area (Å²) in [4.78, 5) is 29.8. The zero-order valence-electron chi connectivity index (χ0n) is 27.2. The minimum atomic E-state index is -3.97. The maximum atomic E-state index is 14.5. The Kier molecular flexibility index (Phi) is 7.92. The Labute approximate surface area is 271 Å². The Balaban J connectivity index is 1.44. The number of hydrogen-bond donors (Lipinski definition) is 1. The average Bonchev–Trinajstić information content (AvgIpc) is 3.71. The zero-order valence-corrected chi connectivity index (χ0v) is 28.0. The average molecular weight is 649 g/mol. The quantitative estimate of drug-likeness (QED) is 0.385. The third kappa shape index (κ3) is 5.30. The highest BCUT2D eigenvalue weighted by atomic mass is 32.2. The standard InChI is InChI=1S/C35H44N4O6S/c1-22(2)45-25-11-13-26-28(19-25)29-20-35(29,34(41)38-14-16-44-17-15-38)21-39-30-18-24(33(40)36-46(42,43)37(3)4)10-12-27(30)31(32(26)39)23-8-6-5-7-9-23/h10-13,18-19,22-23,29H,5-9,14-17,20-21H2,1-4H3,(H,36,40). The number of aromatic nitrogens is 1. The summed E-state index contributed by atoms with van der Waals surface area (Å²) < 4.78 is 42.3. The van der Waals surface area contributed by atoms with E-state index in [0.717, 1.165) is 69.9 Å². The maximum Gasteiger partial charge on any atom is 0.303 e. The van der Waals surface area contributed by atoms with Gasteiger partial charge in [-0.1, -0.05) is 25.3 Å². The Morgan fingerprint density at radius 1 is 1.04 bits per heavy atom. The summed E-state index contributed by atoms with van der Waals surface area (Å²) in [6.07, 6.45) is 6.47. The highest BCUT2D eigenvalue weighted by Gasteiger charge is 2.64. The molecule has 2 aliphatic heterocycles. The minimum absolute atomic E-state index is 0.0212. The van der Waals surface area contributed by atoms with Crippen molar-refractivity contribution in [3.05, 3.63) is 53.1 Å². The van der Waals surface area contributed by atoms with Crippen molar-refractivity contribution in [2.75, 3.05) is 40.4 Å². The largest absolute Gasteiger partial charge is 0.491 e. The van der Waals surface area contributed by atoms with E-state index in [1.807, 2.05) is 36.9 Å². The maximum absolute atomic E-state index is 14.5. The molecule has 2 aliphatic carbocycles. The molecule has 7 rings (SSSR count). The monoisotopic (exact) mass is 648 g/mol. The molecular formula is C35H44N4O6S. The second-order valence-electron chi connectivity index (χ2n) is 13.9. The van der Waals surface area contributed by atoms with E-state index in [0.29, 0.717) is 38.8 Å². The number of morpholine rings is 1. The third-order valence-corrected chi connectivity index (χ3v) is 11.8. The van der Waals surface area contributed by atoms with E-state index in [9.17, 15) is 18.0 Å². The molecular weight excluding hydrogens is 604 g/mol. The van der Waals surface area contributed by atoms with Crippen LogP contribution in [-0.2, 0) is 26.3 Å². The van der Waals surface area contributed by atoms with Crippen LogP contribution in [0.1, 0.15) is 85.7 Å². The summed E-state index contributed by atoms with van der Waals surface area (Å²) in [7, 11) is -1.20. The van der Waals surface area contributed by atoms with Crippen LogP contribution in [0.3, 0.4) is 0 Å². The molecule has 0 bridgehead atoms. The van der Waals surface area contributed by atoms with Crippen LogP contribution in [0.15, 0.2) is 36.4 Å². The van der Waals surface area contributed by atoms with Gasteiger partial charge in [-0.15, -0.1) is 0 Å². The van der Waals surface area contributed by atoms with Gasteiger partial charge in [0.2, 0.25) is 5.91 Å². The van der Waals surface area contributed by atoms with Crippen LogP contribution >= 0.6 is 0 Å². The van der Waals surface area contributed by atoms with Crippen LogP contribution in [0.5, 0.6) is 5.75 Å². The van der Waals surface area contributed by atoms with Crippen LogP contribution < -0.4 is 9.46 Å². The molecule has 2 aromatic carbocycles. The van der Waals surface area contributed by atoms with Crippen LogP contribution in [0.4, 0.5) is 0 Å². The lowest BCUT2D eigenvalue weighted by atomic mass is 9.81. The molecule has 2 saturated carbocycles. The highest BCUT2D eigenvalue weighted by Crippen LogP contribution is 2.66. The number of nitrogens with one attached hydrogen (secondary N) is 1. The first-order valence-electron chi connectivity index (χ1n) is 16.6. The van der Waals surface area contributed by atoms with Gasteiger partial charge in [-0.25, -0.2) is 4.72 Å². The number of fused-ring (bicyclic) bond motifs is 7. The molecule has 4 aliphatic rings. The Bertz CT molecular complexity index is 1800. The summed E-state index contributed by atoms with van der Waals surface area (Å²) in [5.74, 6) is 0.666. The number of hydrogen-bond acceptors (Lipinski definition) is 6. The van der Waals surface area contributed by atoms with Crippen molar-refractivity contribution in [1.82, 2.24) is 18.5 Å². The molecule has 3 aromatic rings. The lowest BCUT2D eigenvalue weighted by Crippen LogP contribution is -2.45. The van der Waals surface area contributed by atoms with E-state index in [1.165, 1.54) is 26.1 Å². The van der Waals surface area contributed by atoms with Crippen molar-refractivity contribution in [3.63, 3.8) is 0 Å². The second kappa shape index (κ2) is 11.7. The smallest absolute Gasteiger partial charge is 0.303 e. The SMILES string of the molecule is CC(C)Oc1ccc2c(c1)C1CC1(C(=O)N1CCOCC1)Cn1c-2c(C2CCCCC2)c2ccc(C(=O)NS(=O)(=O)N(C)C)cc21. The molecule has 2 atom stereocenters. The second-order valence-corrected chi connectivity index (χ2v) is 15.8. The molecule has 3 fully saturated rings. The van der Waals surface area contributed by atoms with Gasteiger partial charge < -0.3 is 18.9 Å². The molecule has 11 heteroatoms. The van der Waals surface area contributed by atoms with Gasteiger partial charge in [-0.2, -0.15) is 12.7 Å². The normalized spacial score (nSPS) is 23.1. The molecule has 0 spiro atoms. The highest BCUT2D eigenvalue weighted by molar-refractivity contribution is 7.87. The topological polar surface area (TPSA) is 110 Å². The number of ether oxygens (including phenoxy) is 2. The number of amides is 2. The van der Waals surface area contributed by atoms with Crippen molar-refractivity contribution in [2.24, 2.45) is 5.41 Å². The van der Waals surface area contributed by atoms with E-state index >= 15 is 0 Å². The van der Waals surface area contributed by atoms with Gasteiger partial charge in [-0.3, -0.25) is 9.59 Å². The van der Waals surface area contributed by atoms with Crippen molar-refractivity contribution < 1.29 is 27.5 Å². The number of benzene rings is 2. The first kappa shape index (κ1) is 31.2. The number of carbonyl (C=O) groups excluding carboxylic acids is 2. The van der Waals surface area contributed by atoms with Crippen molar-refractivity contribution >= 4 is 32.9 Å². The van der Waals surface area contributed by atoms with Gasteiger partial charge in [0.05, 0.1) is 30.4 Å². The molecule has 10 nitrogen and oxygen atoms in total. The van der Waals surface area contributed by atoms with E-state index in [4.69, 9.17) is 9.47 Å². The molecule has 2 amide bonds. The van der Waals surface area contributed by atoms with Crippen LogP contribution in [0.2, 0.25) is 0 Å². The fourth-order valence-corrected chi connectivity index (χ4v) is 8.52. The van der Waals surface area contributed by atoms with E-state index < -0.39 is 21.5 Å². The Morgan fingerprint density at radius 2 is 1.78 bits per heavy atom. The first-order valence-corrected chi connectivity index (χ1v) is 18.0. The van der Waals surface area contributed by atoms with Gasteiger partial charge in [0.15, 0.2) is 0 Å². The summed E-state index contributed by atoms with van der Waals surface area (Å²) in [6.45, 7) is 6.75. The Hall–Kier alpha value is -3.41. The Morgan fingerprint density at radius 3 is 2.48 bits per heavy atom. The fraction of sp³-hybridized carbons (Fsp3) is 0.543. The fourth-order valence-electron chi connectivity index (χ4n) is 7.99. The van der Waals surface area contributed by atoms with E-state index in [1.54, 1.807) is 6.07 Å². The molecule has 3 heterocycles. The van der Waals surface area contributed by atoms with Crippen molar-refractivity contribution in [1.29, 1.82) is 0 Å². The molecule has 0 radical (unpaired) electrons. The summed E-state index contributed by atoms with van der Waals surface area (Å²) in [6, 6.07) is 11.9. The predicted molar refractivity (Wildman–Crippen MR) is 176 cm³/mol. The summed E-state index contributed by atoms with van der Waals surface area (Å²) >= 11 is 0. The van der Waals surface area contributed by atoms with Crippen molar-refractivity contribution in [3.8, 4) is 17.0 Å². The van der Waals surface area contributed by atoms with E-state index in [2.05, 4.69) is 21.4 Å². The van der Waals surface area contributed by atoms with Gasteiger partial charge in [0.1, 0.15) is 5.75 Å². The number of nitrogens with zero attached hydrogens (tertiary/aromatic N) is 3. The lowest BCUT2D eigenvalue weighted by molar-refractivity contribution is -0.141. The zero-order chi connectivity index (χ0) is 32.4. The van der Waals surface area contributed by atoms with Crippen LogP contribution in [0.25, 0.3) is 22.2 Å². The lowest BCUT2D eigenvalue weighted by Gasteiger charge is -2.31. The van der Waals surface area contributed by atoms with Gasteiger partial charge in [0, 0.05) is 61.7 Å². The minimum Gasteiger partial charge on any atom is -0.491 e.